The zero-order valence-electron chi connectivity index (χ0n) is 19.1. The van der Waals surface area contributed by atoms with Crippen LogP contribution in [0.5, 0.6) is 0 Å². The average Bonchev–Trinajstić information content (AvgIpc) is 3.61. The van der Waals surface area contributed by atoms with Gasteiger partial charge in [0.2, 0.25) is 5.91 Å². The first-order chi connectivity index (χ1) is 16.3. The molecule has 2 amide bonds. The van der Waals surface area contributed by atoms with Crippen LogP contribution in [0, 0.1) is 11.8 Å². The van der Waals surface area contributed by atoms with Gasteiger partial charge in [0.25, 0.3) is 0 Å². The maximum atomic E-state index is 12.5. The number of carbonyl (C=O) groups is 3. The molecule has 0 saturated heterocycles. The third kappa shape index (κ3) is 5.39. The number of alkyl carbamates (subject to hydrolysis) is 1. The predicted octanol–water partition coefficient (Wildman–Crippen LogP) is 2.89. The molecule has 1 unspecified atom stereocenters. The number of hydrogen-bond acceptors (Lipinski definition) is 5. The van der Waals surface area contributed by atoms with Crippen LogP contribution in [-0.4, -0.2) is 53.5 Å². The highest BCUT2D eigenvalue weighted by Gasteiger charge is 2.35. The van der Waals surface area contributed by atoms with E-state index >= 15 is 0 Å². The van der Waals surface area contributed by atoms with Crippen molar-refractivity contribution in [2.75, 3.05) is 13.2 Å². The number of fused-ring (bicyclic) bond motifs is 3. The molecule has 0 aromatic heterocycles. The zero-order valence-corrected chi connectivity index (χ0v) is 19.1. The molecule has 8 nitrogen and oxygen atoms in total. The fourth-order valence-electron chi connectivity index (χ4n) is 4.70. The third-order valence-electron chi connectivity index (χ3n) is 6.65. The van der Waals surface area contributed by atoms with Crippen molar-refractivity contribution in [1.82, 2.24) is 10.6 Å². The fraction of sp³-hybridized carbons (Fsp3) is 0.423. The maximum Gasteiger partial charge on any atom is 0.407 e. The van der Waals surface area contributed by atoms with E-state index in [4.69, 9.17) is 9.84 Å². The predicted molar refractivity (Wildman–Crippen MR) is 125 cm³/mol. The Bertz CT molecular complexity index is 1020. The first-order valence-corrected chi connectivity index (χ1v) is 11.6. The molecule has 8 heteroatoms. The van der Waals surface area contributed by atoms with Crippen LogP contribution in [0.3, 0.4) is 0 Å². The topological polar surface area (TPSA) is 125 Å². The highest BCUT2D eigenvalue weighted by Crippen LogP contribution is 2.44. The molecule has 0 radical (unpaired) electrons. The number of rotatable bonds is 10. The van der Waals surface area contributed by atoms with Crippen molar-refractivity contribution in [2.45, 2.75) is 44.2 Å². The van der Waals surface area contributed by atoms with Gasteiger partial charge in [0.1, 0.15) is 6.61 Å². The standard InChI is InChI=1S/C26H30N2O6/c1-15(29)24(25(31)32)28-23(30)12-17(16-10-11-16)13-27-26(33)34-14-22-20-8-4-2-6-18(20)19-7-3-5-9-21(19)22/h2-9,15-17,22,24,29H,10-14H2,1H3,(H,27,33)(H,28,30)(H,31,32)/t15-,17?,24+/m1/s1. The van der Waals surface area contributed by atoms with Crippen LogP contribution in [0.4, 0.5) is 4.79 Å². The molecule has 2 aliphatic carbocycles. The van der Waals surface area contributed by atoms with Gasteiger partial charge >= 0.3 is 12.1 Å². The van der Waals surface area contributed by atoms with Crippen LogP contribution < -0.4 is 10.6 Å². The van der Waals surface area contributed by atoms with Crippen molar-refractivity contribution in [2.24, 2.45) is 11.8 Å². The summed E-state index contributed by atoms with van der Waals surface area (Å²) in [6, 6.07) is 14.9. The number of carboxylic acid groups (broad SMARTS) is 1. The second kappa shape index (κ2) is 10.3. The Morgan fingerprint density at radius 3 is 2.15 bits per heavy atom. The smallest absolute Gasteiger partial charge is 0.407 e. The number of aliphatic hydroxyl groups is 1. The molecule has 0 aliphatic heterocycles. The molecule has 0 heterocycles. The molecule has 1 fully saturated rings. The van der Waals surface area contributed by atoms with Crippen LogP contribution in [-0.2, 0) is 14.3 Å². The number of aliphatic hydroxyl groups excluding tert-OH is 1. The SMILES string of the molecule is C[C@@H](O)[C@H](NC(=O)CC(CNC(=O)OCC1c2ccccc2-c2ccccc21)C1CC1)C(=O)O. The van der Waals surface area contributed by atoms with Crippen LogP contribution in [0.15, 0.2) is 48.5 Å². The van der Waals surface area contributed by atoms with E-state index in [1.165, 1.54) is 6.92 Å². The second-order valence-electron chi connectivity index (χ2n) is 9.13. The van der Waals surface area contributed by atoms with Crippen molar-refractivity contribution in [3.63, 3.8) is 0 Å². The Kier molecular flexibility index (Phi) is 7.17. The van der Waals surface area contributed by atoms with E-state index in [9.17, 15) is 19.5 Å². The normalized spacial score (nSPS) is 17.1. The number of ether oxygens (including phenoxy) is 1. The molecule has 4 rings (SSSR count). The van der Waals surface area contributed by atoms with Gasteiger partial charge in [-0.3, -0.25) is 4.79 Å². The van der Waals surface area contributed by atoms with Crippen LogP contribution in [0.2, 0.25) is 0 Å². The summed E-state index contributed by atoms with van der Waals surface area (Å²) in [5.74, 6) is -1.60. The van der Waals surface area contributed by atoms with E-state index in [-0.39, 0.29) is 31.4 Å². The Labute approximate surface area is 198 Å². The molecule has 180 valence electrons. The molecule has 0 bridgehead atoms. The lowest BCUT2D eigenvalue weighted by atomic mass is 9.98. The largest absolute Gasteiger partial charge is 0.480 e. The van der Waals surface area contributed by atoms with Gasteiger partial charge in [0.15, 0.2) is 6.04 Å². The van der Waals surface area contributed by atoms with Gasteiger partial charge in [0.05, 0.1) is 6.10 Å². The average molecular weight is 467 g/mol. The lowest BCUT2D eigenvalue weighted by molar-refractivity contribution is -0.144. The van der Waals surface area contributed by atoms with E-state index in [1.54, 1.807) is 0 Å². The van der Waals surface area contributed by atoms with E-state index in [0.29, 0.717) is 5.92 Å². The van der Waals surface area contributed by atoms with E-state index in [1.807, 2.05) is 24.3 Å². The Hall–Kier alpha value is -3.39. The summed E-state index contributed by atoms with van der Waals surface area (Å²) >= 11 is 0. The summed E-state index contributed by atoms with van der Waals surface area (Å²) in [4.78, 5) is 36.0. The minimum absolute atomic E-state index is 0.0309. The van der Waals surface area contributed by atoms with Crippen molar-refractivity contribution in [3.05, 3.63) is 59.7 Å². The summed E-state index contributed by atoms with van der Waals surface area (Å²) in [7, 11) is 0. The van der Waals surface area contributed by atoms with Crippen LogP contribution >= 0.6 is 0 Å². The second-order valence-corrected chi connectivity index (χ2v) is 9.13. The van der Waals surface area contributed by atoms with Gasteiger partial charge < -0.3 is 25.6 Å². The van der Waals surface area contributed by atoms with Gasteiger partial charge in [-0.25, -0.2) is 9.59 Å². The minimum atomic E-state index is -1.36. The van der Waals surface area contributed by atoms with Crippen molar-refractivity contribution < 1.29 is 29.3 Å². The zero-order chi connectivity index (χ0) is 24.2. The summed E-state index contributed by atoms with van der Waals surface area (Å²) in [5.41, 5.74) is 4.58. The summed E-state index contributed by atoms with van der Waals surface area (Å²) < 4.78 is 5.56. The van der Waals surface area contributed by atoms with Gasteiger partial charge in [-0.05, 0) is 53.9 Å². The van der Waals surface area contributed by atoms with Gasteiger partial charge in [-0.1, -0.05) is 48.5 Å². The molecule has 0 spiro atoms. The summed E-state index contributed by atoms with van der Waals surface area (Å²) in [5, 5.41) is 23.9. The molecular weight excluding hydrogens is 436 g/mol. The van der Waals surface area contributed by atoms with Crippen molar-refractivity contribution in [1.29, 1.82) is 0 Å². The maximum absolute atomic E-state index is 12.5. The van der Waals surface area contributed by atoms with Crippen LogP contribution in [0.25, 0.3) is 11.1 Å². The number of carboxylic acids is 1. The fourth-order valence-corrected chi connectivity index (χ4v) is 4.70. The Balaban J connectivity index is 1.30. The molecule has 4 N–H and O–H groups in total. The van der Waals surface area contributed by atoms with Crippen molar-refractivity contribution in [3.8, 4) is 11.1 Å². The highest BCUT2D eigenvalue weighted by molar-refractivity contribution is 5.84. The monoisotopic (exact) mass is 466 g/mol. The number of benzene rings is 2. The first-order valence-electron chi connectivity index (χ1n) is 11.6. The number of carbonyl (C=O) groups excluding carboxylic acids is 2. The number of amides is 2. The Morgan fingerprint density at radius 2 is 1.62 bits per heavy atom. The van der Waals surface area contributed by atoms with E-state index in [0.717, 1.165) is 35.1 Å². The number of aliphatic carboxylic acids is 1. The highest BCUT2D eigenvalue weighted by atomic mass is 16.5. The lowest BCUT2D eigenvalue weighted by Gasteiger charge is -2.21. The lowest BCUT2D eigenvalue weighted by Crippen LogP contribution is -2.48. The molecule has 2 aromatic rings. The molecular formula is C26H30N2O6. The number of hydrogen-bond donors (Lipinski definition) is 4. The molecule has 2 aliphatic rings. The van der Waals surface area contributed by atoms with Crippen LogP contribution in [0.1, 0.15) is 43.2 Å². The summed E-state index contributed by atoms with van der Waals surface area (Å²) in [6.07, 6.45) is 0.247. The quantitative estimate of drug-likeness (QED) is 0.427. The first kappa shape index (κ1) is 23.8. The molecule has 3 atom stereocenters. The van der Waals surface area contributed by atoms with E-state index in [2.05, 4.69) is 34.9 Å². The van der Waals surface area contributed by atoms with Crippen molar-refractivity contribution >= 4 is 18.0 Å². The van der Waals surface area contributed by atoms with Gasteiger partial charge in [-0.2, -0.15) is 0 Å². The minimum Gasteiger partial charge on any atom is -0.480 e. The molecule has 1 saturated carbocycles. The van der Waals surface area contributed by atoms with Gasteiger partial charge in [-0.15, -0.1) is 0 Å². The molecule has 34 heavy (non-hydrogen) atoms. The van der Waals surface area contributed by atoms with E-state index < -0.39 is 30.1 Å². The van der Waals surface area contributed by atoms with Gasteiger partial charge in [0, 0.05) is 18.9 Å². The summed E-state index contributed by atoms with van der Waals surface area (Å²) in [6.45, 7) is 1.79. The number of nitrogens with one attached hydrogen (secondary N) is 2. The third-order valence-corrected chi connectivity index (χ3v) is 6.65. The molecule has 2 aromatic carbocycles. The Morgan fingerprint density at radius 1 is 1.03 bits per heavy atom.